The number of hydrogen-bond acceptors (Lipinski definition) is 4. The van der Waals surface area contributed by atoms with E-state index in [1.165, 1.54) is 22.6 Å². The molecule has 19 heavy (non-hydrogen) atoms. The zero-order chi connectivity index (χ0) is 14.2. The first-order valence-corrected chi connectivity index (χ1v) is 9.17. The van der Waals surface area contributed by atoms with Gasteiger partial charge < -0.3 is 0 Å². The number of sulfonamides is 1. The van der Waals surface area contributed by atoms with E-state index in [2.05, 4.69) is 15.9 Å². The molecule has 0 aromatic carbocycles. The Labute approximate surface area is 126 Å². The zero-order valence-electron chi connectivity index (χ0n) is 10.8. The lowest BCUT2D eigenvalue weighted by Crippen LogP contribution is -2.46. The second kappa shape index (κ2) is 5.63. The fourth-order valence-corrected chi connectivity index (χ4v) is 6.34. The van der Waals surface area contributed by atoms with Gasteiger partial charge in [0.05, 0.1) is 9.83 Å². The highest BCUT2D eigenvalue weighted by molar-refractivity contribution is 9.11. The summed E-state index contributed by atoms with van der Waals surface area (Å²) in [7, 11) is -3.56. The number of Topliss-reactive ketones (excluding diaryl/α,β-unsaturated/α-hetero) is 1. The molecule has 0 spiro atoms. The van der Waals surface area contributed by atoms with Crippen molar-refractivity contribution in [2.75, 3.05) is 6.54 Å². The maximum atomic E-state index is 12.6. The molecule has 0 saturated carbocycles. The minimum Gasteiger partial charge on any atom is -0.298 e. The summed E-state index contributed by atoms with van der Waals surface area (Å²) < 4.78 is 27.8. The van der Waals surface area contributed by atoms with Gasteiger partial charge in [-0.15, -0.1) is 11.3 Å². The molecule has 0 amide bonds. The van der Waals surface area contributed by atoms with Gasteiger partial charge in [0.2, 0.25) is 0 Å². The van der Waals surface area contributed by atoms with Crippen molar-refractivity contribution in [2.24, 2.45) is 0 Å². The van der Waals surface area contributed by atoms with E-state index in [0.717, 1.165) is 22.2 Å². The van der Waals surface area contributed by atoms with Crippen LogP contribution in [0.1, 0.15) is 31.7 Å². The number of piperidine rings is 1. The van der Waals surface area contributed by atoms with Gasteiger partial charge in [-0.25, -0.2) is 8.42 Å². The van der Waals surface area contributed by atoms with Crippen LogP contribution in [-0.4, -0.2) is 31.1 Å². The SMILES string of the molecule is CC(=O)C1CCCCN1S(=O)(=O)c1cc(C)c(Br)s1. The normalized spacial score (nSPS) is 21.5. The second-order valence-electron chi connectivity index (χ2n) is 4.76. The van der Waals surface area contributed by atoms with Gasteiger partial charge in [0.15, 0.2) is 0 Å². The van der Waals surface area contributed by atoms with Gasteiger partial charge in [-0.1, -0.05) is 6.42 Å². The molecule has 1 aliphatic rings. The van der Waals surface area contributed by atoms with Crippen molar-refractivity contribution < 1.29 is 13.2 Å². The van der Waals surface area contributed by atoms with Crippen LogP contribution in [0.25, 0.3) is 0 Å². The molecule has 2 heterocycles. The van der Waals surface area contributed by atoms with Gasteiger partial charge in [0.25, 0.3) is 10.0 Å². The molecule has 1 aliphatic heterocycles. The van der Waals surface area contributed by atoms with E-state index in [9.17, 15) is 13.2 Å². The maximum Gasteiger partial charge on any atom is 0.253 e. The minimum absolute atomic E-state index is 0.0735. The molecule has 1 aromatic heterocycles. The zero-order valence-corrected chi connectivity index (χ0v) is 14.1. The van der Waals surface area contributed by atoms with Crippen LogP contribution >= 0.6 is 27.3 Å². The Bertz CT molecular complexity index is 575. The highest BCUT2D eigenvalue weighted by atomic mass is 79.9. The van der Waals surface area contributed by atoms with E-state index in [1.807, 2.05) is 6.92 Å². The number of rotatable bonds is 3. The summed E-state index contributed by atoms with van der Waals surface area (Å²) in [6.07, 6.45) is 2.35. The molecule has 0 radical (unpaired) electrons. The van der Waals surface area contributed by atoms with E-state index in [-0.39, 0.29) is 5.78 Å². The van der Waals surface area contributed by atoms with E-state index >= 15 is 0 Å². The molecule has 1 aromatic rings. The third kappa shape index (κ3) is 2.94. The molecule has 1 saturated heterocycles. The van der Waals surface area contributed by atoms with E-state index in [0.29, 0.717) is 17.2 Å². The number of thiophene rings is 1. The summed E-state index contributed by atoms with van der Waals surface area (Å²) in [4.78, 5) is 11.6. The first-order chi connectivity index (χ1) is 8.84. The van der Waals surface area contributed by atoms with Crippen LogP contribution in [0, 0.1) is 6.92 Å². The summed E-state index contributed by atoms with van der Waals surface area (Å²) in [5, 5.41) is 0. The van der Waals surface area contributed by atoms with Crippen LogP contribution in [0.5, 0.6) is 0 Å². The largest absolute Gasteiger partial charge is 0.298 e. The van der Waals surface area contributed by atoms with Crippen LogP contribution < -0.4 is 0 Å². The number of carbonyl (C=O) groups excluding carboxylic acids is 1. The average molecular weight is 366 g/mol. The Morgan fingerprint density at radius 1 is 1.47 bits per heavy atom. The number of hydrogen-bond donors (Lipinski definition) is 0. The van der Waals surface area contributed by atoms with Crippen molar-refractivity contribution in [2.45, 2.75) is 43.4 Å². The van der Waals surface area contributed by atoms with Crippen molar-refractivity contribution in [1.29, 1.82) is 0 Å². The summed E-state index contributed by atoms with van der Waals surface area (Å²) in [6, 6.07) is 1.16. The fraction of sp³-hybridized carbons (Fsp3) is 0.583. The lowest BCUT2D eigenvalue weighted by Gasteiger charge is -2.32. The Morgan fingerprint density at radius 2 is 2.16 bits per heavy atom. The molecule has 1 unspecified atom stereocenters. The minimum atomic E-state index is -3.56. The molecule has 4 nitrogen and oxygen atoms in total. The van der Waals surface area contributed by atoms with Crippen molar-refractivity contribution in [3.63, 3.8) is 0 Å². The lowest BCUT2D eigenvalue weighted by atomic mass is 10.0. The molecular formula is C12H16BrNO3S2. The molecule has 1 atom stereocenters. The first kappa shape index (κ1) is 15.2. The van der Waals surface area contributed by atoms with Crippen molar-refractivity contribution in [3.8, 4) is 0 Å². The van der Waals surface area contributed by atoms with E-state index in [1.54, 1.807) is 6.07 Å². The van der Waals surface area contributed by atoms with Crippen molar-refractivity contribution in [3.05, 3.63) is 15.4 Å². The van der Waals surface area contributed by atoms with Crippen molar-refractivity contribution >= 4 is 43.1 Å². The summed E-state index contributed by atoms with van der Waals surface area (Å²) in [5.41, 5.74) is 0.903. The number of halogens is 1. The van der Waals surface area contributed by atoms with Gasteiger partial charge in [-0.2, -0.15) is 4.31 Å². The fourth-order valence-electron chi connectivity index (χ4n) is 2.27. The number of nitrogens with zero attached hydrogens (tertiary/aromatic N) is 1. The summed E-state index contributed by atoms with van der Waals surface area (Å²) in [6.45, 7) is 3.76. The van der Waals surface area contributed by atoms with Crippen LogP contribution in [0.3, 0.4) is 0 Å². The molecule has 1 fully saturated rings. The van der Waals surface area contributed by atoms with Crippen LogP contribution in [0.4, 0.5) is 0 Å². The monoisotopic (exact) mass is 365 g/mol. The number of ketones is 1. The Balaban J connectivity index is 2.39. The topological polar surface area (TPSA) is 54.5 Å². The van der Waals surface area contributed by atoms with E-state index < -0.39 is 16.1 Å². The molecule has 0 bridgehead atoms. The predicted molar refractivity (Wildman–Crippen MR) is 79.0 cm³/mol. The smallest absolute Gasteiger partial charge is 0.253 e. The lowest BCUT2D eigenvalue weighted by molar-refractivity contribution is -0.121. The first-order valence-electron chi connectivity index (χ1n) is 6.12. The summed E-state index contributed by atoms with van der Waals surface area (Å²) in [5.74, 6) is -0.0735. The summed E-state index contributed by atoms with van der Waals surface area (Å²) >= 11 is 4.55. The van der Waals surface area contributed by atoms with Gasteiger partial charge in [0, 0.05) is 6.54 Å². The molecule has 2 rings (SSSR count). The maximum absolute atomic E-state index is 12.6. The van der Waals surface area contributed by atoms with Gasteiger partial charge in [-0.3, -0.25) is 4.79 Å². The van der Waals surface area contributed by atoms with Crippen LogP contribution in [0.2, 0.25) is 0 Å². The van der Waals surface area contributed by atoms with E-state index in [4.69, 9.17) is 0 Å². The highest BCUT2D eigenvalue weighted by Gasteiger charge is 2.36. The molecule has 106 valence electrons. The Morgan fingerprint density at radius 3 is 2.68 bits per heavy atom. The average Bonchev–Trinajstić information content (AvgIpc) is 2.70. The van der Waals surface area contributed by atoms with Gasteiger partial charge in [-0.05, 0) is 54.2 Å². The molecule has 0 N–H and O–H groups in total. The van der Waals surface area contributed by atoms with Gasteiger partial charge >= 0.3 is 0 Å². The Kier molecular flexibility index (Phi) is 4.49. The highest BCUT2D eigenvalue weighted by Crippen LogP contribution is 2.34. The molecular weight excluding hydrogens is 350 g/mol. The quantitative estimate of drug-likeness (QED) is 0.827. The predicted octanol–water partition coefficient (Wildman–Crippen LogP) is 2.95. The van der Waals surface area contributed by atoms with Crippen LogP contribution in [-0.2, 0) is 14.8 Å². The second-order valence-corrected chi connectivity index (χ2v) is 9.25. The van der Waals surface area contributed by atoms with Crippen molar-refractivity contribution in [1.82, 2.24) is 4.31 Å². The molecule has 7 heteroatoms. The standard InChI is InChI=1S/C12H16BrNO3S2/c1-8-7-11(18-12(8)13)19(16,17)14-6-4-3-5-10(14)9(2)15/h7,10H,3-6H2,1-2H3. The van der Waals surface area contributed by atoms with Gasteiger partial charge in [0.1, 0.15) is 9.99 Å². The van der Waals surface area contributed by atoms with Crippen LogP contribution in [0.15, 0.2) is 14.1 Å². The Hall–Kier alpha value is -0.240. The third-order valence-corrected chi connectivity index (χ3v) is 7.81. The molecule has 0 aliphatic carbocycles. The number of aryl methyl sites for hydroxylation is 1. The third-order valence-electron chi connectivity index (χ3n) is 3.32. The number of carbonyl (C=O) groups is 1.